The molecule has 2 heterocycles. The van der Waals surface area contributed by atoms with Crippen LogP contribution in [0.4, 0.5) is 0 Å². The van der Waals surface area contributed by atoms with Gasteiger partial charge in [-0.3, -0.25) is 0 Å². The molecule has 2 aromatic heterocycles. The van der Waals surface area contributed by atoms with E-state index >= 15 is 0 Å². The fraction of sp³-hybridized carbons (Fsp3) is 0.167. The van der Waals surface area contributed by atoms with Crippen LogP contribution >= 0.6 is 0 Å². The summed E-state index contributed by atoms with van der Waals surface area (Å²) in [5.41, 5.74) is 5.56. The van der Waals surface area contributed by atoms with E-state index in [9.17, 15) is 0 Å². The molecule has 0 aliphatic rings. The average Bonchev–Trinajstić information content (AvgIpc) is 3.76. The van der Waals surface area contributed by atoms with E-state index in [0.29, 0.717) is 24.7 Å². The Hall–Kier alpha value is -5.14. The summed E-state index contributed by atoms with van der Waals surface area (Å²) in [7, 11) is 0. The van der Waals surface area contributed by atoms with E-state index in [2.05, 4.69) is 10.3 Å². The van der Waals surface area contributed by atoms with Crippen LogP contribution in [-0.2, 0) is 18.0 Å². The number of aromatic nitrogens is 2. The van der Waals surface area contributed by atoms with Gasteiger partial charge in [-0.1, -0.05) is 71.0 Å². The fourth-order valence-electron chi connectivity index (χ4n) is 4.60. The Morgan fingerprint density at radius 1 is 0.535 bits per heavy atom. The maximum absolute atomic E-state index is 6.20. The Morgan fingerprint density at radius 3 is 1.33 bits per heavy atom. The van der Waals surface area contributed by atoms with E-state index in [1.54, 1.807) is 0 Å². The van der Waals surface area contributed by atoms with Crippen LogP contribution in [0.2, 0.25) is 0 Å². The lowest BCUT2D eigenvalue weighted by Crippen LogP contribution is -2.03. The molecule has 0 N–H and O–H groups in total. The van der Waals surface area contributed by atoms with Crippen LogP contribution in [0.3, 0.4) is 0 Å². The van der Waals surface area contributed by atoms with E-state index in [4.69, 9.17) is 23.3 Å². The van der Waals surface area contributed by atoms with Crippen molar-refractivity contribution in [2.75, 3.05) is 0 Å². The van der Waals surface area contributed by atoms with E-state index in [-0.39, 0.29) is 12.2 Å². The van der Waals surface area contributed by atoms with Crippen molar-refractivity contribution in [3.8, 4) is 34.0 Å². The first-order valence-corrected chi connectivity index (χ1v) is 14.2. The minimum atomic E-state index is -0.348. The molecule has 6 rings (SSSR count). The quantitative estimate of drug-likeness (QED) is 0.145. The molecule has 43 heavy (non-hydrogen) atoms. The lowest BCUT2D eigenvalue weighted by Gasteiger charge is -2.14. The number of nitrogens with zero attached hydrogens (tertiary/aromatic N) is 2. The monoisotopic (exact) mass is 572 g/mol. The highest BCUT2D eigenvalue weighted by atomic mass is 16.5. The molecule has 0 spiro atoms. The third-order valence-electron chi connectivity index (χ3n) is 7.06. The summed E-state index contributed by atoms with van der Waals surface area (Å²) in [6.07, 6.45) is -0.696. The Bertz CT molecular complexity index is 1580. The van der Waals surface area contributed by atoms with Crippen molar-refractivity contribution in [3.63, 3.8) is 0 Å². The highest BCUT2D eigenvalue weighted by Crippen LogP contribution is 2.32. The maximum Gasteiger partial charge on any atom is 0.165 e. The smallest absolute Gasteiger partial charge is 0.165 e. The number of hydrogen-bond donors (Lipinski definition) is 0. The SMILES string of the molecule is CC(OC(C)c1cc(-c2ccc(OCc3ccccc3)cc2)no1)c1cc(-c2ccc(OCc3ccccc3)cc2)no1. The molecule has 6 aromatic rings. The number of rotatable bonds is 12. The molecule has 0 aliphatic carbocycles. The van der Waals surface area contributed by atoms with E-state index in [1.165, 1.54) is 0 Å². The van der Waals surface area contributed by atoms with Gasteiger partial charge in [-0.2, -0.15) is 0 Å². The normalized spacial score (nSPS) is 12.5. The third-order valence-corrected chi connectivity index (χ3v) is 7.06. The van der Waals surface area contributed by atoms with Crippen LogP contribution in [0.25, 0.3) is 22.5 Å². The van der Waals surface area contributed by atoms with Crippen LogP contribution in [0.15, 0.2) is 130 Å². The maximum atomic E-state index is 6.20. The summed E-state index contributed by atoms with van der Waals surface area (Å²) in [6.45, 7) is 4.88. The minimum Gasteiger partial charge on any atom is -0.489 e. The molecular formula is C36H32N2O5. The van der Waals surface area contributed by atoms with Crippen LogP contribution in [-0.4, -0.2) is 10.3 Å². The number of hydrogen-bond acceptors (Lipinski definition) is 7. The second kappa shape index (κ2) is 13.2. The first kappa shape index (κ1) is 28.0. The van der Waals surface area contributed by atoms with E-state index in [1.807, 2.05) is 135 Å². The van der Waals surface area contributed by atoms with Crippen LogP contribution in [0.1, 0.15) is 48.7 Å². The van der Waals surface area contributed by atoms with Gasteiger partial charge in [0, 0.05) is 23.3 Å². The molecule has 0 fully saturated rings. The summed E-state index contributed by atoms with van der Waals surface area (Å²) in [4.78, 5) is 0. The molecule has 7 nitrogen and oxygen atoms in total. The zero-order chi connectivity index (χ0) is 29.4. The summed E-state index contributed by atoms with van der Waals surface area (Å²) in [5.74, 6) is 2.83. The van der Waals surface area contributed by atoms with Gasteiger partial charge in [0.15, 0.2) is 11.5 Å². The van der Waals surface area contributed by atoms with Gasteiger partial charge in [0.2, 0.25) is 0 Å². The van der Waals surface area contributed by atoms with Crippen molar-refractivity contribution >= 4 is 0 Å². The van der Waals surface area contributed by atoms with Gasteiger partial charge in [0.05, 0.1) is 0 Å². The second-order valence-electron chi connectivity index (χ2n) is 10.2. The molecule has 0 radical (unpaired) electrons. The van der Waals surface area contributed by atoms with Gasteiger partial charge < -0.3 is 23.3 Å². The summed E-state index contributed by atoms with van der Waals surface area (Å²) >= 11 is 0. The van der Waals surface area contributed by atoms with Crippen LogP contribution in [0, 0.1) is 0 Å². The van der Waals surface area contributed by atoms with E-state index in [0.717, 1.165) is 45.1 Å². The van der Waals surface area contributed by atoms with Crippen molar-refractivity contribution in [3.05, 3.63) is 144 Å². The second-order valence-corrected chi connectivity index (χ2v) is 10.2. The summed E-state index contributed by atoms with van der Waals surface area (Å²) in [5, 5.41) is 8.50. The van der Waals surface area contributed by atoms with Gasteiger partial charge in [0.1, 0.15) is 48.3 Å². The molecular weight excluding hydrogens is 540 g/mol. The summed E-state index contributed by atoms with van der Waals surface area (Å²) in [6, 6.07) is 39.5. The lowest BCUT2D eigenvalue weighted by molar-refractivity contribution is -0.0208. The molecule has 0 saturated heterocycles. The van der Waals surface area contributed by atoms with Gasteiger partial charge in [-0.25, -0.2) is 0 Å². The van der Waals surface area contributed by atoms with Gasteiger partial charge in [-0.05, 0) is 73.5 Å². The molecule has 0 saturated carbocycles. The number of ether oxygens (including phenoxy) is 3. The van der Waals surface area contributed by atoms with Crippen LogP contribution in [0.5, 0.6) is 11.5 Å². The molecule has 2 unspecified atom stereocenters. The first-order chi connectivity index (χ1) is 21.1. The van der Waals surface area contributed by atoms with Crippen molar-refractivity contribution in [2.24, 2.45) is 0 Å². The molecule has 4 aromatic carbocycles. The Morgan fingerprint density at radius 2 is 0.930 bits per heavy atom. The summed E-state index contributed by atoms with van der Waals surface area (Å²) < 4.78 is 29.2. The Kier molecular flexibility index (Phi) is 8.61. The van der Waals surface area contributed by atoms with Gasteiger partial charge in [0.25, 0.3) is 0 Å². The predicted molar refractivity (Wildman–Crippen MR) is 163 cm³/mol. The largest absolute Gasteiger partial charge is 0.489 e. The number of benzene rings is 4. The predicted octanol–water partition coefficient (Wildman–Crippen LogP) is 8.99. The molecule has 0 aliphatic heterocycles. The lowest BCUT2D eigenvalue weighted by atomic mass is 10.1. The van der Waals surface area contributed by atoms with Crippen molar-refractivity contribution in [1.29, 1.82) is 0 Å². The highest BCUT2D eigenvalue weighted by Gasteiger charge is 2.21. The Balaban J connectivity index is 1.02. The Labute approximate surface area is 250 Å². The molecule has 0 amide bonds. The van der Waals surface area contributed by atoms with Crippen molar-refractivity contribution < 1.29 is 23.3 Å². The first-order valence-electron chi connectivity index (χ1n) is 14.2. The molecule has 2 atom stereocenters. The van der Waals surface area contributed by atoms with Gasteiger partial charge in [-0.15, -0.1) is 0 Å². The topological polar surface area (TPSA) is 79.8 Å². The minimum absolute atomic E-state index is 0.348. The van der Waals surface area contributed by atoms with Crippen molar-refractivity contribution in [2.45, 2.75) is 39.3 Å². The zero-order valence-corrected chi connectivity index (χ0v) is 24.1. The van der Waals surface area contributed by atoms with Crippen molar-refractivity contribution in [1.82, 2.24) is 10.3 Å². The third kappa shape index (κ3) is 7.20. The molecule has 0 bridgehead atoms. The zero-order valence-electron chi connectivity index (χ0n) is 24.1. The standard InChI is InChI=1S/C36H32N2O5/c1-25(35-21-33(37-42-35)29-13-17-31(18-14-29)39-23-27-9-5-3-6-10-27)41-26(2)36-22-34(38-43-36)30-15-19-32(20-16-30)40-24-28-11-7-4-8-12-28/h3-22,25-26H,23-24H2,1-2H3. The molecule has 216 valence electrons. The molecule has 7 heteroatoms. The van der Waals surface area contributed by atoms with Gasteiger partial charge >= 0.3 is 0 Å². The van der Waals surface area contributed by atoms with E-state index < -0.39 is 0 Å². The van der Waals surface area contributed by atoms with Crippen LogP contribution < -0.4 is 9.47 Å². The fourth-order valence-corrected chi connectivity index (χ4v) is 4.60. The average molecular weight is 573 g/mol. The highest BCUT2D eigenvalue weighted by molar-refractivity contribution is 5.60.